The summed E-state index contributed by atoms with van der Waals surface area (Å²) < 4.78 is 5.18. The number of fused-ring (bicyclic) bond motifs is 1. The summed E-state index contributed by atoms with van der Waals surface area (Å²) in [7, 11) is 1.67. The van der Waals surface area contributed by atoms with Gasteiger partial charge in [-0.1, -0.05) is 17.9 Å². The van der Waals surface area contributed by atoms with E-state index in [1.54, 1.807) is 7.11 Å². The van der Waals surface area contributed by atoms with Crippen molar-refractivity contribution in [2.24, 2.45) is 0 Å². The highest BCUT2D eigenvalue weighted by molar-refractivity contribution is 5.84. The van der Waals surface area contributed by atoms with Crippen LogP contribution in [0.2, 0.25) is 0 Å². The molecule has 0 amide bonds. The normalized spacial score (nSPS) is 13.9. The third kappa shape index (κ3) is 3.16. The number of anilines is 1. The van der Waals surface area contributed by atoms with Gasteiger partial charge in [0.15, 0.2) is 0 Å². The van der Waals surface area contributed by atoms with E-state index in [9.17, 15) is 0 Å². The molecule has 0 radical (unpaired) electrons. The molecule has 1 aliphatic rings. The molecule has 4 rings (SSSR count). The highest BCUT2D eigenvalue weighted by Crippen LogP contribution is 2.27. The Hall–Kier alpha value is -3.19. The first-order valence-corrected chi connectivity index (χ1v) is 8.77. The zero-order valence-electron chi connectivity index (χ0n) is 15.0. The predicted octanol–water partition coefficient (Wildman–Crippen LogP) is 4.07. The number of aromatic amines is 1. The SMILES string of the molecule is COc1ccc(C#CC2=CCN(c3cnc4[nH]ccc4c3C)CC2)cc1. The first-order chi connectivity index (χ1) is 12.7. The van der Waals surface area contributed by atoms with E-state index in [1.165, 1.54) is 22.2 Å². The summed E-state index contributed by atoms with van der Waals surface area (Å²) >= 11 is 0. The summed E-state index contributed by atoms with van der Waals surface area (Å²) in [6, 6.07) is 9.94. The second-order valence-corrected chi connectivity index (χ2v) is 6.41. The van der Waals surface area contributed by atoms with Crippen molar-refractivity contribution >= 4 is 16.7 Å². The lowest BCUT2D eigenvalue weighted by Gasteiger charge is -2.28. The van der Waals surface area contributed by atoms with Gasteiger partial charge in [0.2, 0.25) is 0 Å². The van der Waals surface area contributed by atoms with E-state index in [2.05, 4.69) is 45.8 Å². The number of H-pyrrole nitrogens is 1. The van der Waals surface area contributed by atoms with Gasteiger partial charge in [-0.25, -0.2) is 4.98 Å². The molecule has 0 aliphatic carbocycles. The number of aryl methyl sites for hydroxylation is 1. The number of benzene rings is 1. The first kappa shape index (κ1) is 16.3. The molecule has 0 atom stereocenters. The monoisotopic (exact) mass is 343 g/mol. The van der Waals surface area contributed by atoms with Gasteiger partial charge in [0, 0.05) is 35.8 Å². The highest BCUT2D eigenvalue weighted by atomic mass is 16.5. The van der Waals surface area contributed by atoms with Crippen molar-refractivity contribution in [1.82, 2.24) is 9.97 Å². The highest BCUT2D eigenvalue weighted by Gasteiger charge is 2.15. The van der Waals surface area contributed by atoms with Gasteiger partial charge < -0.3 is 14.6 Å². The molecule has 1 N–H and O–H groups in total. The van der Waals surface area contributed by atoms with Crippen LogP contribution >= 0.6 is 0 Å². The van der Waals surface area contributed by atoms with Crippen LogP contribution in [0.5, 0.6) is 5.75 Å². The smallest absolute Gasteiger partial charge is 0.137 e. The minimum Gasteiger partial charge on any atom is -0.497 e. The Morgan fingerprint density at radius 2 is 2.00 bits per heavy atom. The van der Waals surface area contributed by atoms with Crippen LogP contribution in [0, 0.1) is 18.8 Å². The van der Waals surface area contributed by atoms with Crippen LogP contribution in [0.4, 0.5) is 5.69 Å². The second kappa shape index (κ2) is 6.97. The van der Waals surface area contributed by atoms with Crippen LogP contribution < -0.4 is 9.64 Å². The quantitative estimate of drug-likeness (QED) is 0.713. The van der Waals surface area contributed by atoms with Crippen LogP contribution in [0.15, 0.2) is 54.4 Å². The van der Waals surface area contributed by atoms with Gasteiger partial charge in [-0.3, -0.25) is 0 Å². The molecule has 0 saturated carbocycles. The summed E-state index contributed by atoms with van der Waals surface area (Å²) in [5.41, 5.74) is 5.63. The van der Waals surface area contributed by atoms with Gasteiger partial charge in [0.05, 0.1) is 19.0 Å². The molecule has 4 heteroatoms. The van der Waals surface area contributed by atoms with Gasteiger partial charge in [-0.2, -0.15) is 0 Å². The fourth-order valence-electron chi connectivity index (χ4n) is 3.28. The van der Waals surface area contributed by atoms with Crippen molar-refractivity contribution in [3.05, 3.63) is 65.5 Å². The molecule has 130 valence electrons. The standard InChI is InChI=1S/C22H21N3O/c1-16-20-9-12-23-22(20)24-15-21(16)25-13-10-18(11-14-25)4-3-17-5-7-19(26-2)8-6-17/h5-10,12,15H,11,13-14H2,1-2H3,(H,23,24). The van der Waals surface area contributed by atoms with Gasteiger partial charge in [-0.05, 0) is 49.2 Å². The summed E-state index contributed by atoms with van der Waals surface area (Å²) in [5, 5.41) is 1.19. The third-order valence-corrected chi connectivity index (χ3v) is 4.84. The summed E-state index contributed by atoms with van der Waals surface area (Å²) in [6.45, 7) is 3.99. The van der Waals surface area contributed by atoms with E-state index in [1.807, 2.05) is 36.7 Å². The van der Waals surface area contributed by atoms with Crippen LogP contribution in [-0.4, -0.2) is 30.2 Å². The van der Waals surface area contributed by atoms with Crippen molar-refractivity contribution in [3.63, 3.8) is 0 Å². The molecule has 0 spiro atoms. The van der Waals surface area contributed by atoms with Crippen molar-refractivity contribution < 1.29 is 4.74 Å². The maximum Gasteiger partial charge on any atom is 0.137 e. The number of nitrogens with one attached hydrogen (secondary N) is 1. The first-order valence-electron chi connectivity index (χ1n) is 8.77. The average molecular weight is 343 g/mol. The molecule has 0 unspecified atom stereocenters. The third-order valence-electron chi connectivity index (χ3n) is 4.84. The summed E-state index contributed by atoms with van der Waals surface area (Å²) in [6.07, 6.45) is 7.09. The Labute approximate surface area is 153 Å². The molecule has 0 bridgehead atoms. The van der Waals surface area contributed by atoms with Crippen LogP contribution in [-0.2, 0) is 0 Å². The Balaban J connectivity index is 1.49. The van der Waals surface area contributed by atoms with E-state index < -0.39 is 0 Å². The number of hydrogen-bond donors (Lipinski definition) is 1. The number of hydrogen-bond acceptors (Lipinski definition) is 3. The van der Waals surface area contributed by atoms with Gasteiger partial charge in [-0.15, -0.1) is 0 Å². The molecular formula is C22H21N3O. The summed E-state index contributed by atoms with van der Waals surface area (Å²) in [5.74, 6) is 7.41. The number of ether oxygens (including phenoxy) is 1. The zero-order valence-corrected chi connectivity index (χ0v) is 15.0. The molecule has 3 aromatic rings. The maximum atomic E-state index is 5.18. The number of nitrogens with zero attached hydrogens (tertiary/aromatic N) is 2. The van der Waals surface area contributed by atoms with E-state index in [0.29, 0.717) is 0 Å². The fraction of sp³-hybridized carbons (Fsp3) is 0.227. The molecule has 2 aromatic heterocycles. The number of pyridine rings is 1. The minimum absolute atomic E-state index is 0.853. The Bertz CT molecular complexity index is 1020. The van der Waals surface area contributed by atoms with Gasteiger partial charge in [0.1, 0.15) is 11.4 Å². The largest absolute Gasteiger partial charge is 0.497 e. The molecule has 4 nitrogen and oxygen atoms in total. The molecule has 26 heavy (non-hydrogen) atoms. The van der Waals surface area contributed by atoms with Crippen LogP contribution in [0.1, 0.15) is 17.5 Å². The summed E-state index contributed by atoms with van der Waals surface area (Å²) in [4.78, 5) is 10.1. The lowest BCUT2D eigenvalue weighted by Crippen LogP contribution is -2.29. The van der Waals surface area contributed by atoms with E-state index in [0.717, 1.165) is 36.5 Å². The zero-order chi connectivity index (χ0) is 17.9. The maximum absolute atomic E-state index is 5.18. The number of methoxy groups -OCH3 is 1. The van der Waals surface area contributed by atoms with Gasteiger partial charge >= 0.3 is 0 Å². The lowest BCUT2D eigenvalue weighted by atomic mass is 10.1. The van der Waals surface area contributed by atoms with Gasteiger partial charge in [0.25, 0.3) is 0 Å². The predicted molar refractivity (Wildman–Crippen MR) is 106 cm³/mol. The van der Waals surface area contributed by atoms with Crippen molar-refractivity contribution in [1.29, 1.82) is 0 Å². The molecule has 1 aliphatic heterocycles. The molecular weight excluding hydrogens is 322 g/mol. The minimum atomic E-state index is 0.853. The van der Waals surface area contributed by atoms with Crippen molar-refractivity contribution in [2.45, 2.75) is 13.3 Å². The Morgan fingerprint density at radius 1 is 1.15 bits per heavy atom. The van der Waals surface area contributed by atoms with Crippen molar-refractivity contribution in [2.75, 3.05) is 25.1 Å². The van der Waals surface area contributed by atoms with E-state index in [-0.39, 0.29) is 0 Å². The number of aromatic nitrogens is 2. The topological polar surface area (TPSA) is 41.1 Å². The molecule has 3 heterocycles. The Morgan fingerprint density at radius 3 is 2.73 bits per heavy atom. The van der Waals surface area contributed by atoms with E-state index in [4.69, 9.17) is 4.74 Å². The van der Waals surface area contributed by atoms with Crippen molar-refractivity contribution in [3.8, 4) is 17.6 Å². The second-order valence-electron chi connectivity index (χ2n) is 6.41. The fourth-order valence-corrected chi connectivity index (χ4v) is 3.28. The van der Waals surface area contributed by atoms with E-state index >= 15 is 0 Å². The van der Waals surface area contributed by atoms with Crippen LogP contribution in [0.3, 0.4) is 0 Å². The molecule has 0 saturated heterocycles. The van der Waals surface area contributed by atoms with Crippen LogP contribution in [0.25, 0.3) is 11.0 Å². The molecule has 1 aromatic carbocycles. The number of rotatable bonds is 2. The average Bonchev–Trinajstić information content (AvgIpc) is 3.17. The Kier molecular flexibility index (Phi) is 4.37. The molecule has 0 fully saturated rings. The lowest BCUT2D eigenvalue weighted by molar-refractivity contribution is 0.415.